The van der Waals surface area contributed by atoms with Crippen molar-refractivity contribution in [2.75, 3.05) is 18.0 Å². The van der Waals surface area contributed by atoms with E-state index < -0.39 is 0 Å². The van der Waals surface area contributed by atoms with Gasteiger partial charge in [0.2, 0.25) is 0 Å². The topological polar surface area (TPSA) is 38.2 Å². The van der Waals surface area contributed by atoms with Crippen LogP contribution in [0.2, 0.25) is 5.02 Å². The Hall–Kier alpha value is -0.730. The molecular formula is C14H23ClN2. The summed E-state index contributed by atoms with van der Waals surface area (Å²) in [5, 5.41) is 0.865. The van der Waals surface area contributed by atoms with E-state index >= 15 is 0 Å². The van der Waals surface area contributed by atoms with E-state index in [1.807, 2.05) is 6.07 Å². The summed E-state index contributed by atoms with van der Waals surface area (Å²) in [6, 6.07) is 6.35. The Morgan fingerprint density at radius 3 is 2.53 bits per heavy atom. The number of nitrogens with zero attached hydrogens (tertiary/aromatic N) is 1. The first-order valence-electron chi connectivity index (χ1n) is 6.34. The van der Waals surface area contributed by atoms with E-state index in [9.17, 15) is 0 Å². The smallest absolute Gasteiger partial charge is 0.0410 e. The van der Waals surface area contributed by atoms with Crippen LogP contribution in [0.4, 0.5) is 5.69 Å². The number of anilines is 1. The maximum absolute atomic E-state index is 6.07. The maximum Gasteiger partial charge on any atom is 0.0410 e. The van der Waals surface area contributed by atoms with Crippen molar-refractivity contribution in [1.29, 1.82) is 0 Å². The number of piperidine rings is 1. The van der Waals surface area contributed by atoms with Gasteiger partial charge in [0, 0.05) is 23.8 Å². The van der Waals surface area contributed by atoms with Crippen molar-refractivity contribution in [3.63, 3.8) is 0 Å². The standard InChI is InChI=1S/C14H20ClN.H3N/c1-2-6-12-11-13(15)7-8-14(12)16-9-4-3-5-10-16;/h7-8,11H,2-6,9-10H2,1H3;1H3. The van der Waals surface area contributed by atoms with Gasteiger partial charge < -0.3 is 11.1 Å². The summed E-state index contributed by atoms with van der Waals surface area (Å²) in [6.07, 6.45) is 6.35. The van der Waals surface area contributed by atoms with Gasteiger partial charge in [-0.25, -0.2) is 0 Å². The van der Waals surface area contributed by atoms with Gasteiger partial charge in [0.15, 0.2) is 0 Å². The largest absolute Gasteiger partial charge is 0.371 e. The summed E-state index contributed by atoms with van der Waals surface area (Å²) in [4.78, 5) is 2.52. The van der Waals surface area contributed by atoms with E-state index in [2.05, 4.69) is 24.0 Å². The molecule has 1 aliphatic heterocycles. The molecule has 3 N–H and O–H groups in total. The average Bonchev–Trinajstić information content (AvgIpc) is 2.31. The zero-order chi connectivity index (χ0) is 11.4. The monoisotopic (exact) mass is 254 g/mol. The van der Waals surface area contributed by atoms with Gasteiger partial charge in [0.1, 0.15) is 0 Å². The fraction of sp³-hybridized carbons (Fsp3) is 0.571. The second kappa shape index (κ2) is 6.87. The minimum Gasteiger partial charge on any atom is -0.371 e. The van der Waals surface area contributed by atoms with E-state index in [4.69, 9.17) is 11.6 Å². The van der Waals surface area contributed by atoms with Crippen LogP contribution in [0.1, 0.15) is 38.2 Å². The molecule has 2 nitrogen and oxygen atoms in total. The predicted molar refractivity (Wildman–Crippen MR) is 76.5 cm³/mol. The van der Waals surface area contributed by atoms with Gasteiger partial charge in [0.25, 0.3) is 0 Å². The highest BCUT2D eigenvalue weighted by molar-refractivity contribution is 6.30. The molecule has 0 aliphatic carbocycles. The van der Waals surface area contributed by atoms with Crippen molar-refractivity contribution in [3.8, 4) is 0 Å². The van der Waals surface area contributed by atoms with Crippen molar-refractivity contribution >= 4 is 17.3 Å². The minimum atomic E-state index is 0. The number of rotatable bonds is 3. The average molecular weight is 255 g/mol. The predicted octanol–water partition coefficient (Wildman–Crippen LogP) is 4.44. The molecule has 1 heterocycles. The van der Waals surface area contributed by atoms with Crippen LogP contribution < -0.4 is 11.1 Å². The Bertz CT molecular complexity index is 346. The van der Waals surface area contributed by atoms with Crippen LogP contribution >= 0.6 is 11.6 Å². The molecule has 0 aromatic heterocycles. The molecule has 1 aromatic rings. The molecule has 1 fully saturated rings. The molecule has 0 saturated carbocycles. The lowest BCUT2D eigenvalue weighted by Gasteiger charge is -2.30. The minimum absolute atomic E-state index is 0. The highest BCUT2D eigenvalue weighted by Crippen LogP contribution is 2.27. The Morgan fingerprint density at radius 2 is 1.88 bits per heavy atom. The van der Waals surface area contributed by atoms with E-state index in [1.165, 1.54) is 50.0 Å². The molecule has 0 bridgehead atoms. The molecule has 17 heavy (non-hydrogen) atoms. The first-order chi connectivity index (χ1) is 7.81. The molecule has 1 saturated heterocycles. The highest BCUT2D eigenvalue weighted by atomic mass is 35.5. The van der Waals surface area contributed by atoms with Crippen LogP contribution in [0.25, 0.3) is 0 Å². The lowest BCUT2D eigenvalue weighted by atomic mass is 10.0. The Balaban J connectivity index is 0.00000144. The van der Waals surface area contributed by atoms with Gasteiger partial charge in [-0.05, 0) is 49.4 Å². The summed E-state index contributed by atoms with van der Waals surface area (Å²) < 4.78 is 0. The summed E-state index contributed by atoms with van der Waals surface area (Å²) in [5.74, 6) is 0. The van der Waals surface area contributed by atoms with E-state index in [0.29, 0.717) is 0 Å². The number of benzene rings is 1. The van der Waals surface area contributed by atoms with Crippen LogP contribution in [-0.2, 0) is 6.42 Å². The summed E-state index contributed by atoms with van der Waals surface area (Å²) in [5.41, 5.74) is 2.82. The number of hydrogen-bond acceptors (Lipinski definition) is 2. The highest BCUT2D eigenvalue weighted by Gasteiger charge is 2.14. The van der Waals surface area contributed by atoms with Crippen LogP contribution in [0.15, 0.2) is 18.2 Å². The third-order valence-electron chi connectivity index (χ3n) is 3.26. The first kappa shape index (κ1) is 14.3. The van der Waals surface area contributed by atoms with Gasteiger partial charge >= 0.3 is 0 Å². The van der Waals surface area contributed by atoms with Crippen molar-refractivity contribution in [3.05, 3.63) is 28.8 Å². The normalized spacial score (nSPS) is 15.5. The van der Waals surface area contributed by atoms with Crippen LogP contribution in [0, 0.1) is 0 Å². The number of hydrogen-bond donors (Lipinski definition) is 1. The third-order valence-corrected chi connectivity index (χ3v) is 3.49. The third kappa shape index (κ3) is 3.62. The molecule has 0 unspecified atom stereocenters. The van der Waals surface area contributed by atoms with E-state index in [0.717, 1.165) is 11.4 Å². The molecule has 0 amide bonds. The molecule has 0 radical (unpaired) electrons. The Labute approximate surface area is 110 Å². The Kier molecular flexibility index (Phi) is 5.79. The first-order valence-corrected chi connectivity index (χ1v) is 6.72. The van der Waals surface area contributed by atoms with Gasteiger partial charge in [-0.15, -0.1) is 0 Å². The van der Waals surface area contributed by atoms with Crippen molar-refractivity contribution in [2.45, 2.75) is 39.0 Å². The number of aryl methyl sites for hydroxylation is 1. The second-order valence-electron chi connectivity index (χ2n) is 4.57. The lowest BCUT2D eigenvalue weighted by Crippen LogP contribution is -2.30. The molecule has 2 rings (SSSR count). The molecule has 0 atom stereocenters. The molecule has 0 spiro atoms. The van der Waals surface area contributed by atoms with Crippen LogP contribution in [0.5, 0.6) is 0 Å². The van der Waals surface area contributed by atoms with Gasteiger partial charge in [-0.1, -0.05) is 24.9 Å². The Morgan fingerprint density at radius 1 is 1.18 bits per heavy atom. The molecular weight excluding hydrogens is 232 g/mol. The number of halogens is 1. The fourth-order valence-electron chi connectivity index (χ4n) is 2.47. The quantitative estimate of drug-likeness (QED) is 0.866. The lowest BCUT2D eigenvalue weighted by molar-refractivity contribution is 0.576. The van der Waals surface area contributed by atoms with Crippen molar-refractivity contribution in [1.82, 2.24) is 6.15 Å². The SMILES string of the molecule is CCCc1cc(Cl)ccc1N1CCCCC1.N. The van der Waals surface area contributed by atoms with Crippen LogP contribution in [-0.4, -0.2) is 13.1 Å². The maximum atomic E-state index is 6.07. The summed E-state index contributed by atoms with van der Waals surface area (Å²) >= 11 is 6.07. The van der Waals surface area contributed by atoms with E-state index in [1.54, 1.807) is 0 Å². The molecule has 1 aliphatic rings. The van der Waals surface area contributed by atoms with Crippen molar-refractivity contribution in [2.24, 2.45) is 0 Å². The van der Waals surface area contributed by atoms with Crippen molar-refractivity contribution < 1.29 is 0 Å². The zero-order valence-electron chi connectivity index (χ0n) is 10.7. The van der Waals surface area contributed by atoms with Gasteiger partial charge in [0.05, 0.1) is 0 Å². The molecule has 96 valence electrons. The van der Waals surface area contributed by atoms with E-state index in [-0.39, 0.29) is 6.15 Å². The van der Waals surface area contributed by atoms with Crippen LogP contribution in [0.3, 0.4) is 0 Å². The summed E-state index contributed by atoms with van der Waals surface area (Å²) in [6.45, 7) is 4.64. The second-order valence-corrected chi connectivity index (χ2v) is 5.01. The van der Waals surface area contributed by atoms with Gasteiger partial charge in [-0.3, -0.25) is 0 Å². The molecule has 1 aromatic carbocycles. The van der Waals surface area contributed by atoms with Gasteiger partial charge in [-0.2, -0.15) is 0 Å². The molecule has 3 heteroatoms. The summed E-state index contributed by atoms with van der Waals surface area (Å²) in [7, 11) is 0. The zero-order valence-corrected chi connectivity index (χ0v) is 11.5. The fourth-order valence-corrected chi connectivity index (χ4v) is 2.66.